The van der Waals surface area contributed by atoms with Crippen molar-refractivity contribution in [3.63, 3.8) is 0 Å². The molecule has 2 aromatic heterocycles. The lowest BCUT2D eigenvalue weighted by Crippen LogP contribution is -2.35. The Balaban J connectivity index is 1.54. The van der Waals surface area contributed by atoms with Crippen molar-refractivity contribution in [2.75, 3.05) is 26.3 Å². The van der Waals surface area contributed by atoms with Gasteiger partial charge >= 0.3 is 0 Å². The predicted octanol–water partition coefficient (Wildman–Crippen LogP) is 3.19. The van der Waals surface area contributed by atoms with Crippen LogP contribution in [0.4, 0.5) is 0 Å². The van der Waals surface area contributed by atoms with Crippen LogP contribution in [0.3, 0.4) is 0 Å². The highest BCUT2D eigenvalue weighted by molar-refractivity contribution is 5.79. The average Bonchev–Trinajstić information content (AvgIpc) is 2.99. The summed E-state index contributed by atoms with van der Waals surface area (Å²) in [6, 6.07) is 11.7. The number of ether oxygens (including phenoxy) is 2. The van der Waals surface area contributed by atoms with Crippen LogP contribution in [0.2, 0.25) is 0 Å². The summed E-state index contributed by atoms with van der Waals surface area (Å²) in [4.78, 5) is 10.3. The molecule has 0 spiro atoms. The van der Waals surface area contributed by atoms with Crippen LogP contribution in [-0.2, 0) is 11.3 Å². The fourth-order valence-corrected chi connectivity index (χ4v) is 2.85. The molecule has 1 aliphatic rings. The third kappa shape index (κ3) is 3.21. The van der Waals surface area contributed by atoms with E-state index in [1.165, 1.54) is 5.56 Å². The van der Waals surface area contributed by atoms with Gasteiger partial charge < -0.3 is 14.5 Å². The van der Waals surface area contributed by atoms with Crippen LogP contribution in [0.1, 0.15) is 5.56 Å². The van der Waals surface area contributed by atoms with Crippen LogP contribution < -0.4 is 4.74 Å². The Kier molecular flexibility index (Phi) is 3.96. The Hall–Kier alpha value is -2.37. The van der Waals surface area contributed by atoms with Crippen LogP contribution in [-0.4, -0.2) is 41.2 Å². The number of hydrogen-bond acceptors (Lipinski definition) is 4. The smallest absolute Gasteiger partial charge is 0.147 e. The first kappa shape index (κ1) is 14.2. The van der Waals surface area contributed by atoms with Gasteiger partial charge in [-0.05, 0) is 12.1 Å². The molecule has 0 unspecified atom stereocenters. The van der Waals surface area contributed by atoms with E-state index in [-0.39, 0.29) is 0 Å². The highest BCUT2D eigenvalue weighted by atomic mass is 16.5. The van der Waals surface area contributed by atoms with Crippen molar-refractivity contribution in [1.29, 1.82) is 0 Å². The van der Waals surface area contributed by atoms with Gasteiger partial charge in [0.25, 0.3) is 0 Å². The van der Waals surface area contributed by atoms with Crippen molar-refractivity contribution in [3.8, 4) is 11.5 Å². The van der Waals surface area contributed by atoms with Gasteiger partial charge in [-0.15, -0.1) is 0 Å². The Bertz CT molecular complexity index is 779. The van der Waals surface area contributed by atoms with Crippen LogP contribution in [0.5, 0.6) is 11.5 Å². The number of hydrogen-bond donors (Lipinski definition) is 1. The predicted molar refractivity (Wildman–Crippen MR) is 88.7 cm³/mol. The second-order valence-electron chi connectivity index (χ2n) is 5.68. The summed E-state index contributed by atoms with van der Waals surface area (Å²) in [5, 5.41) is 0. The van der Waals surface area contributed by atoms with E-state index >= 15 is 0 Å². The van der Waals surface area contributed by atoms with Crippen molar-refractivity contribution in [1.82, 2.24) is 14.9 Å². The zero-order chi connectivity index (χ0) is 15.5. The van der Waals surface area contributed by atoms with Gasteiger partial charge in [-0.3, -0.25) is 9.88 Å². The van der Waals surface area contributed by atoms with Gasteiger partial charge in [-0.1, -0.05) is 18.2 Å². The fourth-order valence-electron chi connectivity index (χ4n) is 2.85. The highest BCUT2D eigenvalue weighted by Crippen LogP contribution is 2.25. The Morgan fingerprint density at radius 3 is 2.78 bits per heavy atom. The highest BCUT2D eigenvalue weighted by Gasteiger charge is 2.14. The van der Waals surface area contributed by atoms with E-state index in [4.69, 9.17) is 9.47 Å². The molecule has 3 heterocycles. The fraction of sp³-hybridized carbons (Fsp3) is 0.278. The number of aromatic amines is 1. The molecule has 5 nitrogen and oxygen atoms in total. The normalized spacial score (nSPS) is 15.8. The standard InChI is InChI=1S/C18H19N3O2/c1-2-4-15(5-3-1)23-16-10-17-18(20-12-16)14(11-19-17)13-21-6-8-22-9-7-21/h1-5,10-12,19H,6-9,13H2. The minimum Gasteiger partial charge on any atom is -0.456 e. The lowest BCUT2D eigenvalue weighted by atomic mass is 10.2. The molecule has 0 amide bonds. The minimum atomic E-state index is 0.739. The molecule has 3 aromatic rings. The molecule has 0 bridgehead atoms. The van der Waals surface area contributed by atoms with E-state index in [9.17, 15) is 0 Å². The molecule has 0 saturated carbocycles. The largest absolute Gasteiger partial charge is 0.456 e. The average molecular weight is 309 g/mol. The topological polar surface area (TPSA) is 50.4 Å². The van der Waals surface area contributed by atoms with Gasteiger partial charge in [-0.25, -0.2) is 0 Å². The number of para-hydroxylation sites is 1. The van der Waals surface area contributed by atoms with Crippen LogP contribution in [0, 0.1) is 0 Å². The Morgan fingerprint density at radius 1 is 1.13 bits per heavy atom. The zero-order valence-corrected chi connectivity index (χ0v) is 12.9. The molecule has 118 valence electrons. The van der Waals surface area contributed by atoms with Gasteiger partial charge in [0, 0.05) is 37.5 Å². The van der Waals surface area contributed by atoms with E-state index in [1.54, 1.807) is 6.20 Å². The summed E-state index contributed by atoms with van der Waals surface area (Å²) in [7, 11) is 0. The maximum Gasteiger partial charge on any atom is 0.147 e. The maximum absolute atomic E-state index is 5.84. The summed E-state index contributed by atoms with van der Waals surface area (Å²) in [5.41, 5.74) is 3.23. The number of nitrogens with zero attached hydrogens (tertiary/aromatic N) is 2. The van der Waals surface area contributed by atoms with E-state index < -0.39 is 0 Å². The molecule has 1 aliphatic heterocycles. The number of pyridine rings is 1. The molecule has 1 N–H and O–H groups in total. The van der Waals surface area contributed by atoms with Crippen LogP contribution in [0.15, 0.2) is 48.8 Å². The number of aromatic nitrogens is 2. The monoisotopic (exact) mass is 309 g/mol. The van der Waals surface area contributed by atoms with Gasteiger partial charge in [0.05, 0.1) is 30.4 Å². The third-order valence-electron chi connectivity index (χ3n) is 4.05. The van der Waals surface area contributed by atoms with E-state index in [0.717, 1.165) is 55.4 Å². The molecule has 5 heteroatoms. The lowest BCUT2D eigenvalue weighted by Gasteiger charge is -2.26. The first-order valence-electron chi connectivity index (χ1n) is 7.87. The van der Waals surface area contributed by atoms with Gasteiger partial charge in [-0.2, -0.15) is 0 Å². The summed E-state index contributed by atoms with van der Waals surface area (Å²) < 4.78 is 11.2. The summed E-state index contributed by atoms with van der Waals surface area (Å²) in [5.74, 6) is 1.55. The number of H-pyrrole nitrogens is 1. The molecular formula is C18H19N3O2. The molecule has 23 heavy (non-hydrogen) atoms. The van der Waals surface area contributed by atoms with Gasteiger partial charge in [0.15, 0.2) is 0 Å². The number of nitrogens with one attached hydrogen (secondary N) is 1. The molecule has 0 aliphatic carbocycles. The third-order valence-corrected chi connectivity index (χ3v) is 4.05. The van der Waals surface area contributed by atoms with E-state index in [0.29, 0.717) is 0 Å². The molecule has 0 radical (unpaired) electrons. The van der Waals surface area contributed by atoms with Crippen molar-refractivity contribution < 1.29 is 9.47 Å². The molecule has 1 saturated heterocycles. The summed E-state index contributed by atoms with van der Waals surface area (Å²) >= 11 is 0. The summed E-state index contributed by atoms with van der Waals surface area (Å²) in [6.07, 6.45) is 3.82. The second-order valence-corrected chi connectivity index (χ2v) is 5.68. The van der Waals surface area contributed by atoms with Crippen molar-refractivity contribution >= 4 is 11.0 Å². The van der Waals surface area contributed by atoms with Crippen molar-refractivity contribution in [2.24, 2.45) is 0 Å². The lowest BCUT2D eigenvalue weighted by molar-refractivity contribution is 0.0343. The van der Waals surface area contributed by atoms with Gasteiger partial charge in [0.1, 0.15) is 11.5 Å². The van der Waals surface area contributed by atoms with E-state index in [2.05, 4.69) is 14.9 Å². The van der Waals surface area contributed by atoms with E-state index in [1.807, 2.05) is 42.6 Å². The SMILES string of the molecule is c1ccc(Oc2cnc3c(CN4CCOCC4)c[nH]c3c2)cc1. The number of benzene rings is 1. The summed E-state index contributed by atoms with van der Waals surface area (Å²) in [6.45, 7) is 4.47. The van der Waals surface area contributed by atoms with Crippen molar-refractivity contribution in [3.05, 3.63) is 54.4 Å². The first-order valence-corrected chi connectivity index (χ1v) is 7.87. The maximum atomic E-state index is 5.84. The minimum absolute atomic E-state index is 0.739. The number of morpholine rings is 1. The zero-order valence-electron chi connectivity index (χ0n) is 12.9. The molecule has 0 atom stereocenters. The first-order chi connectivity index (χ1) is 11.4. The number of rotatable bonds is 4. The van der Waals surface area contributed by atoms with Crippen molar-refractivity contribution in [2.45, 2.75) is 6.54 Å². The van der Waals surface area contributed by atoms with Crippen LogP contribution >= 0.6 is 0 Å². The molecule has 1 aromatic carbocycles. The number of fused-ring (bicyclic) bond motifs is 1. The second kappa shape index (κ2) is 6.40. The van der Waals surface area contributed by atoms with Gasteiger partial charge in [0.2, 0.25) is 0 Å². The van der Waals surface area contributed by atoms with Crippen LogP contribution in [0.25, 0.3) is 11.0 Å². The molecular weight excluding hydrogens is 290 g/mol. The molecule has 1 fully saturated rings. The Morgan fingerprint density at radius 2 is 1.96 bits per heavy atom. The quantitative estimate of drug-likeness (QED) is 0.804. The molecule has 4 rings (SSSR count). The Labute approximate surface area is 134 Å².